The second-order valence-corrected chi connectivity index (χ2v) is 21.3. The number of esters is 1. The normalized spacial score (nSPS) is 21.4. The molecule has 3 unspecified atom stereocenters. The number of benzene rings is 2. The molecule has 0 spiro atoms. The lowest BCUT2D eigenvalue weighted by Gasteiger charge is -2.38. The van der Waals surface area contributed by atoms with Crippen LogP contribution in [0, 0.1) is 10.8 Å². The Balaban J connectivity index is 0.000000245. The van der Waals surface area contributed by atoms with Crippen LogP contribution in [0.5, 0.6) is 0 Å². The number of carbonyl (C=O) groups excluding carboxylic acids is 5. The van der Waals surface area contributed by atoms with E-state index in [-0.39, 0.29) is 55.1 Å². The van der Waals surface area contributed by atoms with Gasteiger partial charge in [-0.25, -0.2) is 19.2 Å². The van der Waals surface area contributed by atoms with Gasteiger partial charge in [0.05, 0.1) is 19.3 Å². The van der Waals surface area contributed by atoms with Gasteiger partial charge in [-0.1, -0.05) is 0 Å². The van der Waals surface area contributed by atoms with Gasteiger partial charge < -0.3 is 33.5 Å². The largest absolute Gasteiger partial charge is 0.459 e. The summed E-state index contributed by atoms with van der Waals surface area (Å²) >= 11 is 0. The first-order valence-electron chi connectivity index (χ1n) is 24.2. The predicted molar refractivity (Wildman–Crippen MR) is 266 cm³/mol. The second-order valence-electron chi connectivity index (χ2n) is 19.7. The van der Waals surface area contributed by atoms with Gasteiger partial charge in [0.1, 0.15) is 54.3 Å². The molecule has 0 aromatic heterocycles. The minimum Gasteiger partial charge on any atom is -0.459 e. The van der Waals surface area contributed by atoms with Crippen molar-refractivity contribution in [3.05, 3.63) is 59.7 Å². The third-order valence-electron chi connectivity index (χ3n) is 12.6. The van der Waals surface area contributed by atoms with Crippen LogP contribution >= 0.6 is 0 Å². The first-order valence-corrected chi connectivity index (χ1v) is 26.0. The molecule has 0 radical (unpaired) electrons. The van der Waals surface area contributed by atoms with Crippen molar-refractivity contribution in [2.75, 3.05) is 109 Å². The minimum absolute atomic E-state index is 0.0588. The number of nitrogens with zero attached hydrogens (tertiary/aromatic N) is 6. The zero-order valence-electron chi connectivity index (χ0n) is 42.2. The van der Waals surface area contributed by atoms with E-state index in [1.165, 1.54) is 4.90 Å². The highest BCUT2D eigenvalue weighted by Gasteiger charge is 2.36. The Bertz CT molecular complexity index is 2350. The Morgan fingerprint density at radius 2 is 1.11 bits per heavy atom. The summed E-state index contributed by atoms with van der Waals surface area (Å²) < 4.78 is 54.0. The standard InChI is InChI=1S/C29H44N6O6.C19H26N4O7S/c1-20(26(36)41-29(2,3)4)34-16-14-33(15-17-34)18-24-19-35(28(38)40-24)22-8-6-21(7-9-22)25(30)31-27(37)39-23-10-12-32(5)13-11-23;1-22-9-7-15(8-10-22)29-18(24)21-17(20)13-3-5-14(6-4-13)23-11-16(30-19(23)25)12-28-31(2,26)27/h6-9,20,23-24H,10-19H2,1-5H3,(H2,30,31,37);3-6,15-16H,7-12H2,1-2H3,(H2,20,21,24). The summed E-state index contributed by atoms with van der Waals surface area (Å²) in [4.78, 5) is 73.1. The molecular formula is C48H70N10O13S. The predicted octanol–water partition coefficient (Wildman–Crippen LogP) is 3.64. The van der Waals surface area contributed by atoms with Crippen LogP contribution < -0.4 is 20.4 Å². The molecule has 3 atom stereocenters. The van der Waals surface area contributed by atoms with Crippen molar-refractivity contribution < 1.29 is 60.3 Å². The first kappa shape index (κ1) is 55.4. The number of amidine groups is 2. The first-order chi connectivity index (χ1) is 34.0. The number of piperidine rings is 2. The summed E-state index contributed by atoms with van der Waals surface area (Å²) in [6.45, 7) is 14.9. The van der Waals surface area contributed by atoms with Crippen LogP contribution in [0.25, 0.3) is 0 Å². The summed E-state index contributed by atoms with van der Waals surface area (Å²) in [6.07, 6.45) is 0.398. The molecule has 72 heavy (non-hydrogen) atoms. The number of ether oxygens (including phenoxy) is 5. The van der Waals surface area contributed by atoms with Crippen LogP contribution in [0.3, 0.4) is 0 Å². The van der Waals surface area contributed by atoms with Gasteiger partial charge in [-0.15, -0.1) is 0 Å². The van der Waals surface area contributed by atoms with Crippen LogP contribution in [0.4, 0.5) is 30.6 Å². The van der Waals surface area contributed by atoms with Crippen LogP contribution in [-0.2, 0) is 42.8 Å². The molecular weight excluding hydrogens is 957 g/mol. The Labute approximate surface area is 421 Å². The van der Waals surface area contributed by atoms with Crippen LogP contribution in [0.2, 0.25) is 0 Å². The number of carbonyl (C=O) groups is 5. The van der Waals surface area contributed by atoms with Crippen molar-refractivity contribution in [3.63, 3.8) is 0 Å². The number of alkyl carbamates (subject to hydrolysis) is 2. The van der Waals surface area contributed by atoms with Gasteiger partial charge in [0.25, 0.3) is 10.1 Å². The lowest BCUT2D eigenvalue weighted by molar-refractivity contribution is -0.161. The number of likely N-dealkylation sites (tertiary alicyclic amines) is 2. The Hall–Kier alpha value is -5.92. The molecule has 5 saturated heterocycles. The summed E-state index contributed by atoms with van der Waals surface area (Å²) in [5.74, 6) is -0.389. The van der Waals surface area contributed by atoms with Gasteiger partial charge in [-0.05, 0) is 116 Å². The van der Waals surface area contributed by atoms with Gasteiger partial charge in [-0.2, -0.15) is 8.42 Å². The number of cyclic esters (lactones) is 2. The smallest absolute Gasteiger partial charge is 0.414 e. The molecule has 4 N–H and O–H groups in total. The molecule has 7 rings (SSSR count). The number of piperazine rings is 1. The molecule has 2 aromatic rings. The van der Waals surface area contributed by atoms with E-state index in [2.05, 4.69) is 34.4 Å². The molecule has 2 aromatic carbocycles. The van der Waals surface area contributed by atoms with Crippen molar-refractivity contribution in [2.45, 2.75) is 89.4 Å². The molecule has 396 valence electrons. The quantitative estimate of drug-likeness (QED) is 0.0734. The van der Waals surface area contributed by atoms with Gasteiger partial charge in [0, 0.05) is 81.4 Å². The second kappa shape index (κ2) is 24.7. The third kappa shape index (κ3) is 16.8. The number of anilines is 2. The zero-order valence-corrected chi connectivity index (χ0v) is 43.0. The number of rotatable bonds is 13. The highest BCUT2D eigenvalue weighted by atomic mass is 32.2. The number of amides is 4. The fourth-order valence-electron chi connectivity index (χ4n) is 8.54. The van der Waals surface area contributed by atoms with E-state index < -0.39 is 46.2 Å². The van der Waals surface area contributed by atoms with Crippen molar-refractivity contribution in [2.24, 2.45) is 0 Å². The topological polar surface area (TPSA) is 266 Å². The van der Waals surface area contributed by atoms with Crippen LogP contribution in [0.1, 0.15) is 64.5 Å². The van der Waals surface area contributed by atoms with Gasteiger partial charge >= 0.3 is 30.3 Å². The van der Waals surface area contributed by atoms with E-state index in [1.54, 1.807) is 53.4 Å². The maximum Gasteiger partial charge on any atom is 0.414 e. The van der Waals surface area contributed by atoms with Gasteiger partial charge in [-0.3, -0.25) is 50.0 Å². The average molecular weight is 1030 g/mol. The van der Waals surface area contributed by atoms with E-state index in [9.17, 15) is 32.4 Å². The Morgan fingerprint density at radius 1 is 0.694 bits per heavy atom. The van der Waals surface area contributed by atoms with Crippen LogP contribution in [0.15, 0.2) is 48.5 Å². The van der Waals surface area contributed by atoms with E-state index in [1.807, 2.05) is 41.8 Å². The molecule has 0 saturated carbocycles. The molecule has 23 nitrogen and oxygen atoms in total. The summed E-state index contributed by atoms with van der Waals surface area (Å²) in [7, 11) is 0.425. The SMILES string of the molecule is CC(C(=O)OC(C)(C)C)N1CCN(CC2CN(c3ccc(C(=N)NC(=O)OC4CCN(C)CC4)cc3)C(=O)O2)CC1.CN1CCC(OC(=O)NC(=N)c2ccc(N3CC(COS(C)(=O)=O)OC3=O)cc2)CC1. The van der Waals surface area contributed by atoms with E-state index in [4.69, 9.17) is 34.5 Å². The lowest BCUT2D eigenvalue weighted by atomic mass is 10.1. The Morgan fingerprint density at radius 3 is 1.53 bits per heavy atom. The molecule has 5 aliphatic heterocycles. The van der Waals surface area contributed by atoms with E-state index in [0.29, 0.717) is 35.6 Å². The lowest BCUT2D eigenvalue weighted by Crippen LogP contribution is -2.54. The average Bonchev–Trinajstić information content (AvgIpc) is 3.89. The molecule has 5 fully saturated rings. The summed E-state index contributed by atoms with van der Waals surface area (Å²) in [5.41, 5.74) is 1.62. The van der Waals surface area contributed by atoms with E-state index >= 15 is 0 Å². The monoisotopic (exact) mass is 1030 g/mol. The fraction of sp³-hybridized carbons (Fsp3) is 0.604. The number of hydrogen-bond acceptors (Lipinski definition) is 19. The highest BCUT2D eigenvalue weighted by Crippen LogP contribution is 2.25. The van der Waals surface area contributed by atoms with Crippen LogP contribution in [-0.4, -0.2) is 205 Å². The number of hydrogen-bond donors (Lipinski definition) is 4. The van der Waals surface area contributed by atoms with Gasteiger partial charge in [0.2, 0.25) is 0 Å². The molecule has 5 heterocycles. The third-order valence-corrected chi connectivity index (χ3v) is 13.2. The molecule has 0 aliphatic carbocycles. The number of nitrogens with one attached hydrogen (secondary N) is 4. The van der Waals surface area contributed by atoms with Gasteiger partial charge in [0.15, 0.2) is 0 Å². The maximum absolute atomic E-state index is 12.6. The fourth-order valence-corrected chi connectivity index (χ4v) is 8.93. The van der Waals surface area contributed by atoms with Crippen molar-refractivity contribution in [1.82, 2.24) is 30.2 Å². The minimum atomic E-state index is -3.63. The van der Waals surface area contributed by atoms with E-state index in [0.717, 1.165) is 84.3 Å². The molecule has 24 heteroatoms. The summed E-state index contributed by atoms with van der Waals surface area (Å²) in [6, 6.07) is 13.0. The Kier molecular flexibility index (Phi) is 19.0. The highest BCUT2D eigenvalue weighted by molar-refractivity contribution is 7.86. The molecule has 5 aliphatic rings. The van der Waals surface area contributed by atoms with Crippen molar-refractivity contribution in [1.29, 1.82) is 10.8 Å². The zero-order chi connectivity index (χ0) is 52.3. The molecule has 0 bridgehead atoms. The molecule has 4 amide bonds. The summed E-state index contributed by atoms with van der Waals surface area (Å²) in [5, 5.41) is 21.2. The van der Waals surface area contributed by atoms with Crippen molar-refractivity contribution in [3.8, 4) is 0 Å². The maximum atomic E-state index is 12.6. The van der Waals surface area contributed by atoms with Crippen molar-refractivity contribution >= 4 is 63.5 Å².